The third kappa shape index (κ3) is 9.46. The molecule has 0 fully saturated rings. The average Bonchev–Trinajstić information content (AvgIpc) is 3.29. The van der Waals surface area contributed by atoms with Crippen LogP contribution in [0.5, 0.6) is 0 Å². The molecule has 0 saturated heterocycles. The summed E-state index contributed by atoms with van der Waals surface area (Å²) in [6, 6.07) is 18.2. The number of benzene rings is 3. The van der Waals surface area contributed by atoms with Gasteiger partial charge in [-0.3, -0.25) is 14.1 Å². The number of rotatable bonds is 12. The zero-order chi connectivity index (χ0) is 32.4. The molecule has 4 aromatic rings. The molecule has 0 aliphatic rings. The molecule has 44 heavy (non-hydrogen) atoms. The second kappa shape index (κ2) is 15.9. The molecule has 0 saturated carbocycles. The van der Waals surface area contributed by atoms with E-state index in [9.17, 15) is 18.0 Å². The third-order valence-electron chi connectivity index (χ3n) is 7.72. The fourth-order valence-electron chi connectivity index (χ4n) is 4.84. The first-order chi connectivity index (χ1) is 20.9. The number of anilines is 2. The lowest BCUT2D eigenvalue weighted by molar-refractivity contribution is -0.105. The van der Waals surface area contributed by atoms with E-state index < -0.39 is 10.1 Å². The van der Waals surface area contributed by atoms with E-state index in [1.54, 1.807) is 24.3 Å². The standard InChI is InChI=1S/C27H35N3O2S.C7H8O3S/c1-6-8-20-15-21(28-17-31)9-11-24(20)27(32)29-22-10-12-26-25(16-22)23(19(4)33-26)13-14-30(5)18(3)7-2;1-6-2-4-7(5-3-6)11(8,9)10/h9-12,15-18H,6-8,13-14H2,1-5H3,(H,28,31)(H,29,32);2-5H,1H3,(H,8,9,10). The van der Waals surface area contributed by atoms with Crippen molar-refractivity contribution in [2.24, 2.45) is 0 Å². The van der Waals surface area contributed by atoms with Gasteiger partial charge in [0.15, 0.2) is 0 Å². The molecule has 2 amide bonds. The van der Waals surface area contributed by atoms with Gasteiger partial charge in [-0.1, -0.05) is 38.0 Å². The molecular formula is C34H43N3O5S2. The summed E-state index contributed by atoms with van der Waals surface area (Å²) >= 11 is 1.82. The van der Waals surface area contributed by atoms with Gasteiger partial charge >= 0.3 is 0 Å². The number of hydrogen-bond acceptors (Lipinski definition) is 6. The second-order valence-corrected chi connectivity index (χ2v) is 13.6. The van der Waals surface area contributed by atoms with Crippen LogP contribution in [0.4, 0.5) is 11.4 Å². The molecule has 3 aromatic carbocycles. The van der Waals surface area contributed by atoms with E-state index >= 15 is 0 Å². The largest absolute Gasteiger partial charge is 0.329 e. The molecule has 4 rings (SSSR count). The summed E-state index contributed by atoms with van der Waals surface area (Å²) in [5.74, 6) is -0.125. The van der Waals surface area contributed by atoms with Crippen LogP contribution in [0.2, 0.25) is 0 Å². The summed E-state index contributed by atoms with van der Waals surface area (Å²) in [4.78, 5) is 27.6. The second-order valence-electron chi connectivity index (χ2n) is 11.0. The molecule has 8 nitrogen and oxygen atoms in total. The Labute approximate surface area is 265 Å². The number of likely N-dealkylation sites (N-methyl/N-ethyl adjacent to an activating group) is 1. The van der Waals surface area contributed by atoms with Crippen LogP contribution >= 0.6 is 11.3 Å². The molecule has 236 valence electrons. The number of amides is 2. The molecule has 3 N–H and O–H groups in total. The highest BCUT2D eigenvalue weighted by atomic mass is 32.2. The Bertz CT molecular complexity index is 1680. The van der Waals surface area contributed by atoms with E-state index in [1.165, 1.54) is 32.7 Å². The van der Waals surface area contributed by atoms with E-state index in [1.807, 2.05) is 30.4 Å². The Kier molecular flexibility index (Phi) is 12.7. The number of thiophene rings is 1. The van der Waals surface area contributed by atoms with Gasteiger partial charge in [0.2, 0.25) is 6.41 Å². The molecule has 0 spiro atoms. The first-order valence-electron chi connectivity index (χ1n) is 14.8. The minimum absolute atomic E-state index is 0.0666. The Balaban J connectivity index is 0.000000404. The summed E-state index contributed by atoms with van der Waals surface area (Å²) in [5.41, 5.74) is 5.41. The fraction of sp³-hybridized carbons (Fsp3) is 0.353. The number of fused-ring (bicyclic) bond motifs is 1. The van der Waals surface area contributed by atoms with Crippen LogP contribution in [-0.2, 0) is 27.8 Å². The van der Waals surface area contributed by atoms with Crippen molar-refractivity contribution in [1.82, 2.24) is 4.90 Å². The van der Waals surface area contributed by atoms with Crippen LogP contribution in [0.25, 0.3) is 10.1 Å². The summed E-state index contributed by atoms with van der Waals surface area (Å²) in [5, 5.41) is 6.99. The van der Waals surface area contributed by atoms with Gasteiger partial charge in [-0.15, -0.1) is 11.3 Å². The van der Waals surface area contributed by atoms with Crippen LogP contribution in [0.15, 0.2) is 65.6 Å². The summed E-state index contributed by atoms with van der Waals surface area (Å²) in [6.07, 6.45) is 4.48. The van der Waals surface area contributed by atoms with Crippen LogP contribution in [-0.4, -0.2) is 49.8 Å². The quantitative estimate of drug-likeness (QED) is 0.109. The number of carbonyl (C=O) groups excluding carboxylic acids is 2. The Morgan fingerprint density at radius 3 is 2.30 bits per heavy atom. The zero-order valence-corrected chi connectivity index (χ0v) is 27.9. The maximum atomic E-state index is 13.1. The predicted octanol–water partition coefficient (Wildman–Crippen LogP) is 7.50. The van der Waals surface area contributed by atoms with Gasteiger partial charge in [-0.25, -0.2) is 0 Å². The Hall–Kier alpha value is -3.57. The first-order valence-corrected chi connectivity index (χ1v) is 17.0. The van der Waals surface area contributed by atoms with E-state index in [-0.39, 0.29) is 10.8 Å². The van der Waals surface area contributed by atoms with Gasteiger partial charge in [0.1, 0.15) is 0 Å². The number of hydrogen-bond donors (Lipinski definition) is 3. The average molecular weight is 638 g/mol. The summed E-state index contributed by atoms with van der Waals surface area (Å²) < 4.78 is 30.8. The van der Waals surface area contributed by atoms with Gasteiger partial charge in [0, 0.05) is 39.1 Å². The zero-order valence-electron chi connectivity index (χ0n) is 26.3. The molecular weight excluding hydrogens is 595 g/mol. The SMILES string of the molecule is CCCc1cc(NC=O)ccc1C(=O)Nc1ccc2sc(C)c(CCN(C)C(C)CC)c2c1.Cc1ccc(S(=O)(=O)O)cc1. The molecule has 1 aromatic heterocycles. The van der Waals surface area contributed by atoms with Crippen molar-refractivity contribution in [2.75, 3.05) is 24.2 Å². The maximum absolute atomic E-state index is 13.1. The smallest absolute Gasteiger partial charge is 0.294 e. The minimum atomic E-state index is -4.02. The van der Waals surface area contributed by atoms with Gasteiger partial charge in [-0.2, -0.15) is 8.42 Å². The maximum Gasteiger partial charge on any atom is 0.294 e. The van der Waals surface area contributed by atoms with Crippen molar-refractivity contribution in [3.8, 4) is 0 Å². The molecule has 0 aliphatic carbocycles. The highest BCUT2D eigenvalue weighted by molar-refractivity contribution is 7.85. The van der Waals surface area contributed by atoms with Crippen molar-refractivity contribution in [3.05, 3.63) is 87.8 Å². The van der Waals surface area contributed by atoms with Crippen molar-refractivity contribution in [3.63, 3.8) is 0 Å². The number of aryl methyl sites for hydroxylation is 3. The summed E-state index contributed by atoms with van der Waals surface area (Å²) in [7, 11) is -1.83. The third-order valence-corrected chi connectivity index (χ3v) is 9.72. The molecule has 1 heterocycles. The Morgan fingerprint density at radius 1 is 1.00 bits per heavy atom. The van der Waals surface area contributed by atoms with Gasteiger partial charge in [0.05, 0.1) is 4.90 Å². The van der Waals surface area contributed by atoms with Crippen LogP contribution in [0, 0.1) is 13.8 Å². The molecule has 0 radical (unpaired) electrons. The molecule has 0 aliphatic heterocycles. The van der Waals surface area contributed by atoms with Crippen LogP contribution in [0.1, 0.15) is 65.5 Å². The number of nitrogens with one attached hydrogen (secondary N) is 2. The topological polar surface area (TPSA) is 116 Å². The first kappa shape index (κ1) is 34.9. The van der Waals surface area contributed by atoms with Gasteiger partial charge in [0.25, 0.3) is 16.0 Å². The minimum Gasteiger partial charge on any atom is -0.329 e. The molecule has 1 unspecified atom stereocenters. The normalized spacial score (nSPS) is 12.0. The van der Waals surface area contributed by atoms with Gasteiger partial charge in [-0.05, 0) is 112 Å². The van der Waals surface area contributed by atoms with Crippen LogP contribution in [0.3, 0.4) is 0 Å². The lowest BCUT2D eigenvalue weighted by Gasteiger charge is -2.23. The highest BCUT2D eigenvalue weighted by Gasteiger charge is 2.16. The van der Waals surface area contributed by atoms with Gasteiger partial charge < -0.3 is 15.5 Å². The number of nitrogens with zero attached hydrogens (tertiary/aromatic N) is 1. The Morgan fingerprint density at radius 2 is 1.68 bits per heavy atom. The predicted molar refractivity (Wildman–Crippen MR) is 182 cm³/mol. The molecule has 1 atom stereocenters. The van der Waals surface area contributed by atoms with E-state index in [2.05, 4.69) is 62.4 Å². The van der Waals surface area contributed by atoms with Crippen molar-refractivity contribution in [2.45, 2.75) is 71.2 Å². The lowest BCUT2D eigenvalue weighted by atomic mass is 10.0. The summed E-state index contributed by atoms with van der Waals surface area (Å²) in [6.45, 7) is 11.6. The van der Waals surface area contributed by atoms with E-state index in [0.29, 0.717) is 23.7 Å². The van der Waals surface area contributed by atoms with Crippen molar-refractivity contribution in [1.29, 1.82) is 0 Å². The van der Waals surface area contributed by atoms with E-state index in [0.717, 1.165) is 49.0 Å². The van der Waals surface area contributed by atoms with Crippen LogP contribution < -0.4 is 10.6 Å². The highest BCUT2D eigenvalue weighted by Crippen LogP contribution is 2.33. The van der Waals surface area contributed by atoms with Crippen molar-refractivity contribution >= 4 is 55.2 Å². The number of carbonyl (C=O) groups is 2. The molecule has 10 heteroatoms. The lowest BCUT2D eigenvalue weighted by Crippen LogP contribution is -2.30. The van der Waals surface area contributed by atoms with E-state index in [4.69, 9.17) is 4.55 Å². The molecule has 0 bridgehead atoms. The van der Waals surface area contributed by atoms with Crippen molar-refractivity contribution < 1.29 is 22.6 Å². The fourth-order valence-corrected chi connectivity index (χ4v) is 6.41. The monoisotopic (exact) mass is 637 g/mol.